The number of rotatable bonds is 5. The van der Waals surface area contributed by atoms with Crippen molar-refractivity contribution < 1.29 is 15.0 Å². The summed E-state index contributed by atoms with van der Waals surface area (Å²) in [6.45, 7) is 9.60. The van der Waals surface area contributed by atoms with Crippen molar-refractivity contribution in [2.45, 2.75) is 110 Å². The average molecular weight is 405 g/mol. The molecule has 0 aromatic heterocycles. The Kier molecular flexibility index (Phi) is 5.63. The van der Waals surface area contributed by atoms with Gasteiger partial charge in [0.25, 0.3) is 0 Å². The number of hydrogen-bond acceptors (Lipinski definition) is 2. The molecule has 4 rings (SSSR count). The fourth-order valence-corrected chi connectivity index (χ4v) is 9.18. The molecule has 0 radical (unpaired) electrons. The van der Waals surface area contributed by atoms with Gasteiger partial charge in [-0.3, -0.25) is 4.79 Å². The Morgan fingerprint density at radius 2 is 1.69 bits per heavy atom. The molecule has 0 bridgehead atoms. The maximum absolute atomic E-state index is 11.0. The molecule has 4 saturated carbocycles. The van der Waals surface area contributed by atoms with Gasteiger partial charge >= 0.3 is 5.97 Å². The normalized spacial score (nSPS) is 51.8. The number of aliphatic carboxylic acids is 1. The summed E-state index contributed by atoms with van der Waals surface area (Å²) >= 11 is 0. The minimum absolute atomic E-state index is 0.334. The van der Waals surface area contributed by atoms with Crippen LogP contribution < -0.4 is 0 Å². The van der Waals surface area contributed by atoms with Crippen LogP contribution in [0.15, 0.2) is 0 Å². The summed E-state index contributed by atoms with van der Waals surface area (Å²) in [4.78, 5) is 11.0. The van der Waals surface area contributed by atoms with Gasteiger partial charge in [0.1, 0.15) is 0 Å². The Balaban J connectivity index is 1.55. The number of hydrogen-bond donors (Lipinski definition) is 2. The van der Waals surface area contributed by atoms with Crippen LogP contribution in [0.3, 0.4) is 0 Å². The quantitative estimate of drug-likeness (QED) is 0.566. The lowest BCUT2D eigenvalue weighted by Crippen LogP contribution is -2.58. The van der Waals surface area contributed by atoms with E-state index >= 15 is 0 Å². The van der Waals surface area contributed by atoms with Gasteiger partial charge in [-0.1, -0.05) is 27.2 Å². The van der Waals surface area contributed by atoms with Gasteiger partial charge < -0.3 is 10.2 Å². The van der Waals surface area contributed by atoms with E-state index in [2.05, 4.69) is 27.7 Å². The van der Waals surface area contributed by atoms with Crippen molar-refractivity contribution in [1.29, 1.82) is 0 Å². The molecule has 0 aromatic carbocycles. The monoisotopic (exact) mass is 404 g/mol. The number of carbonyl (C=O) groups is 1. The van der Waals surface area contributed by atoms with Crippen LogP contribution in [-0.2, 0) is 4.79 Å². The molecule has 4 aliphatic rings. The molecule has 0 saturated heterocycles. The summed E-state index contributed by atoms with van der Waals surface area (Å²) in [6, 6.07) is 0. The third kappa shape index (κ3) is 3.58. The van der Waals surface area contributed by atoms with Crippen molar-refractivity contribution in [2.24, 2.45) is 46.3 Å². The molecular formula is C26H44O3. The standard InChI is InChI=1S/C26H44O3/c1-5-17-15-19-20-10-9-18(7-6-8-23(27)28)25(20,3)12-11-21(19)26(4)14-13-24(2,29)16-22(17)26/h17-22,29H,5-16H2,1-4H3,(H,27,28)/t17-,18?,19?,20?,21-,22?,24?,25?,26?/m0/s1. The molecule has 0 aliphatic heterocycles. The van der Waals surface area contributed by atoms with Gasteiger partial charge in [0.05, 0.1) is 5.60 Å². The van der Waals surface area contributed by atoms with Crippen molar-refractivity contribution in [3.05, 3.63) is 0 Å². The molecule has 0 spiro atoms. The van der Waals surface area contributed by atoms with E-state index in [1.54, 1.807) is 0 Å². The highest BCUT2D eigenvalue weighted by Gasteiger charge is 2.62. The van der Waals surface area contributed by atoms with Crippen LogP contribution in [0.4, 0.5) is 0 Å². The van der Waals surface area contributed by atoms with Gasteiger partial charge in [-0.25, -0.2) is 0 Å². The molecule has 0 aromatic rings. The van der Waals surface area contributed by atoms with Gasteiger partial charge in [0, 0.05) is 6.42 Å². The highest BCUT2D eigenvalue weighted by Crippen LogP contribution is 2.69. The van der Waals surface area contributed by atoms with Gasteiger partial charge in [0.15, 0.2) is 0 Å². The van der Waals surface area contributed by atoms with Crippen LogP contribution in [0.5, 0.6) is 0 Å². The van der Waals surface area contributed by atoms with E-state index in [-0.39, 0.29) is 0 Å². The highest BCUT2D eigenvalue weighted by atomic mass is 16.4. The fraction of sp³-hybridized carbons (Fsp3) is 0.962. The smallest absolute Gasteiger partial charge is 0.303 e. The zero-order valence-corrected chi connectivity index (χ0v) is 19.3. The van der Waals surface area contributed by atoms with E-state index in [0.717, 1.165) is 55.3 Å². The van der Waals surface area contributed by atoms with Crippen molar-refractivity contribution in [3.63, 3.8) is 0 Å². The molecule has 166 valence electrons. The SMILES string of the molecule is CC[C@H]1CC2C3CCC(CCCC(=O)O)C3(C)CC[C@@H]2C2(C)CCC(C)(O)CC12. The number of carboxylic acid groups (broad SMARTS) is 1. The lowest BCUT2D eigenvalue weighted by atomic mass is 9.41. The van der Waals surface area contributed by atoms with Crippen LogP contribution >= 0.6 is 0 Å². The first-order valence-electron chi connectivity index (χ1n) is 12.5. The second kappa shape index (κ2) is 7.53. The topological polar surface area (TPSA) is 57.5 Å². The van der Waals surface area contributed by atoms with Crippen LogP contribution in [-0.4, -0.2) is 21.8 Å². The van der Waals surface area contributed by atoms with Crippen molar-refractivity contribution >= 4 is 5.97 Å². The van der Waals surface area contributed by atoms with Gasteiger partial charge in [-0.2, -0.15) is 0 Å². The zero-order chi connectivity index (χ0) is 21.0. The fourth-order valence-electron chi connectivity index (χ4n) is 9.18. The Morgan fingerprint density at radius 3 is 2.38 bits per heavy atom. The minimum Gasteiger partial charge on any atom is -0.481 e. The second-order valence-corrected chi connectivity index (χ2v) is 12.2. The van der Waals surface area contributed by atoms with E-state index in [0.29, 0.717) is 23.2 Å². The molecule has 0 amide bonds. The first kappa shape index (κ1) is 21.7. The van der Waals surface area contributed by atoms with Crippen molar-refractivity contribution in [1.82, 2.24) is 0 Å². The summed E-state index contributed by atoms with van der Waals surface area (Å²) in [5, 5.41) is 19.9. The predicted molar refractivity (Wildman–Crippen MR) is 116 cm³/mol. The molecule has 3 heteroatoms. The predicted octanol–water partition coefficient (Wildman–Crippen LogP) is 6.29. The Morgan fingerprint density at radius 1 is 0.966 bits per heavy atom. The number of fused-ring (bicyclic) bond motifs is 5. The summed E-state index contributed by atoms with van der Waals surface area (Å²) in [7, 11) is 0. The highest BCUT2D eigenvalue weighted by molar-refractivity contribution is 5.66. The lowest BCUT2D eigenvalue weighted by molar-refractivity contribution is -0.168. The maximum Gasteiger partial charge on any atom is 0.303 e. The second-order valence-electron chi connectivity index (χ2n) is 12.2. The first-order valence-corrected chi connectivity index (χ1v) is 12.5. The third-order valence-corrected chi connectivity index (χ3v) is 10.8. The van der Waals surface area contributed by atoms with Crippen LogP contribution in [0.2, 0.25) is 0 Å². The molecule has 7 unspecified atom stereocenters. The summed E-state index contributed by atoms with van der Waals surface area (Å²) in [6.07, 6.45) is 13.5. The lowest BCUT2D eigenvalue weighted by Gasteiger charge is -2.64. The van der Waals surface area contributed by atoms with E-state index < -0.39 is 11.6 Å². The molecular weight excluding hydrogens is 360 g/mol. The van der Waals surface area contributed by atoms with Crippen LogP contribution in [0.1, 0.15) is 105 Å². The van der Waals surface area contributed by atoms with Gasteiger partial charge in [0.2, 0.25) is 0 Å². The maximum atomic E-state index is 11.0. The van der Waals surface area contributed by atoms with Gasteiger partial charge in [-0.05, 0) is 117 Å². The van der Waals surface area contributed by atoms with Crippen molar-refractivity contribution in [3.8, 4) is 0 Å². The average Bonchev–Trinajstić information content (AvgIpc) is 2.98. The molecule has 3 nitrogen and oxygen atoms in total. The molecule has 2 N–H and O–H groups in total. The van der Waals surface area contributed by atoms with E-state index in [4.69, 9.17) is 5.11 Å². The largest absolute Gasteiger partial charge is 0.481 e. The first-order chi connectivity index (χ1) is 13.6. The molecule has 0 heterocycles. The van der Waals surface area contributed by atoms with Crippen LogP contribution in [0.25, 0.3) is 0 Å². The summed E-state index contributed by atoms with van der Waals surface area (Å²) < 4.78 is 0. The number of aliphatic hydroxyl groups is 1. The Bertz CT molecular complexity index is 627. The minimum atomic E-state index is -0.640. The van der Waals surface area contributed by atoms with Crippen molar-refractivity contribution in [2.75, 3.05) is 0 Å². The summed E-state index contributed by atoms with van der Waals surface area (Å²) in [5.74, 6) is 4.07. The summed E-state index contributed by atoms with van der Waals surface area (Å²) in [5.41, 5.74) is 0.381. The van der Waals surface area contributed by atoms with E-state index in [1.165, 1.54) is 44.9 Å². The molecule has 4 aliphatic carbocycles. The molecule has 9 atom stereocenters. The van der Waals surface area contributed by atoms with Gasteiger partial charge in [-0.15, -0.1) is 0 Å². The molecule has 4 fully saturated rings. The van der Waals surface area contributed by atoms with Crippen LogP contribution in [0, 0.1) is 46.3 Å². The zero-order valence-electron chi connectivity index (χ0n) is 19.3. The van der Waals surface area contributed by atoms with E-state index in [1.807, 2.05) is 0 Å². The Hall–Kier alpha value is -0.570. The molecule has 29 heavy (non-hydrogen) atoms. The van der Waals surface area contributed by atoms with E-state index in [9.17, 15) is 9.90 Å². The Labute approximate surface area is 178 Å². The third-order valence-electron chi connectivity index (χ3n) is 10.8. The number of carboxylic acids is 1.